The van der Waals surface area contributed by atoms with Crippen molar-refractivity contribution in [2.24, 2.45) is 5.73 Å². The monoisotopic (exact) mass is 202 g/mol. The summed E-state index contributed by atoms with van der Waals surface area (Å²) in [4.78, 5) is 4.15. The summed E-state index contributed by atoms with van der Waals surface area (Å²) in [6.07, 6.45) is 0.141. The zero-order valence-corrected chi connectivity index (χ0v) is 8.10. The molecule has 0 spiro atoms. The van der Waals surface area contributed by atoms with E-state index in [1.807, 2.05) is 30.3 Å². The van der Waals surface area contributed by atoms with Crippen molar-refractivity contribution in [3.05, 3.63) is 54.2 Å². The van der Waals surface area contributed by atoms with Gasteiger partial charge in [-0.1, -0.05) is 36.4 Å². The topological polar surface area (TPSA) is 38.9 Å². The molecule has 0 saturated carbocycles. The minimum Gasteiger partial charge on any atom is -0.298 e. The van der Waals surface area contributed by atoms with E-state index >= 15 is 0 Å². The van der Waals surface area contributed by atoms with Crippen LogP contribution < -0.4 is 5.73 Å². The summed E-state index contributed by atoms with van der Waals surface area (Å²) in [7, 11) is 0. The van der Waals surface area contributed by atoms with E-state index in [9.17, 15) is 4.39 Å². The Labute approximate surface area is 87.6 Å². The maximum absolute atomic E-state index is 13.1. The molecule has 0 saturated heterocycles. The molecule has 1 aromatic heterocycles. The maximum Gasteiger partial charge on any atom is 0.176 e. The van der Waals surface area contributed by atoms with Gasteiger partial charge in [-0.25, -0.2) is 4.39 Å². The number of aromatic nitrogens is 1. The van der Waals surface area contributed by atoms with Gasteiger partial charge in [0, 0.05) is 17.3 Å². The van der Waals surface area contributed by atoms with Crippen molar-refractivity contribution in [2.45, 2.75) is 6.30 Å². The summed E-state index contributed by atoms with van der Waals surface area (Å²) in [5.74, 6) is 0. The molecule has 2 aromatic rings. The predicted molar refractivity (Wildman–Crippen MR) is 57.7 cm³/mol. The molecule has 2 N–H and O–H groups in total. The maximum atomic E-state index is 13.1. The molecule has 0 bridgehead atoms. The van der Waals surface area contributed by atoms with Crippen LogP contribution in [0.15, 0.2) is 48.7 Å². The Bertz CT molecular complexity index is 440. The largest absolute Gasteiger partial charge is 0.298 e. The fraction of sp³-hybridized carbons (Fsp3) is 0.0833. The number of benzene rings is 1. The minimum atomic E-state index is -1.49. The molecule has 2 rings (SSSR count). The van der Waals surface area contributed by atoms with Crippen LogP contribution in [-0.4, -0.2) is 4.98 Å². The Morgan fingerprint density at radius 2 is 1.80 bits per heavy atom. The standard InChI is InChI=1S/C12H11FN2/c13-12(14)10-7-4-8-15-11(10)9-5-2-1-3-6-9/h1-8,12H,14H2. The highest BCUT2D eigenvalue weighted by atomic mass is 19.1. The van der Waals surface area contributed by atoms with Gasteiger partial charge in [0.15, 0.2) is 6.30 Å². The lowest BCUT2D eigenvalue weighted by Gasteiger charge is -2.08. The smallest absolute Gasteiger partial charge is 0.176 e. The second-order valence-electron chi connectivity index (χ2n) is 3.21. The van der Waals surface area contributed by atoms with Gasteiger partial charge in [-0.15, -0.1) is 0 Å². The third-order valence-corrected chi connectivity index (χ3v) is 2.18. The number of nitrogens with zero attached hydrogens (tertiary/aromatic N) is 1. The molecule has 1 heterocycles. The number of halogens is 1. The number of rotatable bonds is 2. The van der Waals surface area contributed by atoms with E-state index in [1.54, 1.807) is 18.3 Å². The number of alkyl halides is 1. The molecule has 1 atom stereocenters. The van der Waals surface area contributed by atoms with Gasteiger partial charge in [0.2, 0.25) is 0 Å². The van der Waals surface area contributed by atoms with Crippen molar-refractivity contribution in [1.29, 1.82) is 0 Å². The predicted octanol–water partition coefficient (Wildman–Crippen LogP) is 2.68. The summed E-state index contributed by atoms with van der Waals surface area (Å²) < 4.78 is 13.1. The average Bonchev–Trinajstić information content (AvgIpc) is 2.30. The van der Waals surface area contributed by atoms with Crippen LogP contribution in [0.4, 0.5) is 4.39 Å². The average molecular weight is 202 g/mol. The highest BCUT2D eigenvalue weighted by Gasteiger charge is 2.11. The van der Waals surface area contributed by atoms with Gasteiger partial charge in [0.05, 0.1) is 5.69 Å². The molecule has 1 aromatic carbocycles. The lowest BCUT2D eigenvalue weighted by molar-refractivity contribution is 0.356. The summed E-state index contributed by atoms with van der Waals surface area (Å²) >= 11 is 0. The van der Waals surface area contributed by atoms with Gasteiger partial charge in [0.1, 0.15) is 0 Å². The van der Waals surface area contributed by atoms with Crippen molar-refractivity contribution >= 4 is 0 Å². The van der Waals surface area contributed by atoms with E-state index in [1.165, 1.54) is 0 Å². The minimum absolute atomic E-state index is 0.420. The highest BCUT2D eigenvalue weighted by Crippen LogP contribution is 2.24. The van der Waals surface area contributed by atoms with Crippen LogP contribution in [0.25, 0.3) is 11.3 Å². The molecule has 0 fully saturated rings. The Morgan fingerprint density at radius 3 is 2.47 bits per heavy atom. The lowest BCUT2D eigenvalue weighted by atomic mass is 10.1. The van der Waals surface area contributed by atoms with Gasteiger partial charge in [-0.3, -0.25) is 10.7 Å². The van der Waals surface area contributed by atoms with Crippen LogP contribution in [0.5, 0.6) is 0 Å². The lowest BCUT2D eigenvalue weighted by Crippen LogP contribution is -2.06. The quantitative estimate of drug-likeness (QED) is 0.760. The van der Waals surface area contributed by atoms with Gasteiger partial charge >= 0.3 is 0 Å². The number of hydrogen-bond acceptors (Lipinski definition) is 2. The normalized spacial score (nSPS) is 12.4. The Kier molecular flexibility index (Phi) is 2.74. The third kappa shape index (κ3) is 2.02. The summed E-state index contributed by atoms with van der Waals surface area (Å²) in [5.41, 5.74) is 7.15. The Morgan fingerprint density at radius 1 is 1.07 bits per heavy atom. The molecular formula is C12H11FN2. The first-order chi connectivity index (χ1) is 7.29. The van der Waals surface area contributed by atoms with E-state index in [0.29, 0.717) is 11.3 Å². The van der Waals surface area contributed by atoms with E-state index in [0.717, 1.165) is 5.56 Å². The van der Waals surface area contributed by atoms with Crippen LogP contribution in [0.2, 0.25) is 0 Å². The number of pyridine rings is 1. The molecule has 3 heteroatoms. The molecule has 2 nitrogen and oxygen atoms in total. The second-order valence-corrected chi connectivity index (χ2v) is 3.21. The second kappa shape index (κ2) is 4.19. The summed E-state index contributed by atoms with van der Waals surface area (Å²) in [5, 5.41) is 0. The van der Waals surface area contributed by atoms with Crippen molar-refractivity contribution in [3.8, 4) is 11.3 Å². The molecule has 0 aliphatic carbocycles. The zero-order chi connectivity index (χ0) is 10.7. The number of nitrogens with two attached hydrogens (primary N) is 1. The van der Waals surface area contributed by atoms with Crippen LogP contribution in [-0.2, 0) is 0 Å². The van der Waals surface area contributed by atoms with Crippen molar-refractivity contribution in [1.82, 2.24) is 4.98 Å². The number of hydrogen-bond donors (Lipinski definition) is 1. The van der Waals surface area contributed by atoms with Crippen LogP contribution in [0.1, 0.15) is 11.9 Å². The van der Waals surface area contributed by atoms with Gasteiger partial charge in [-0.05, 0) is 6.07 Å². The van der Waals surface area contributed by atoms with Gasteiger partial charge in [-0.2, -0.15) is 0 Å². The first kappa shape index (κ1) is 9.80. The molecule has 0 amide bonds. The molecule has 15 heavy (non-hydrogen) atoms. The van der Waals surface area contributed by atoms with E-state index in [4.69, 9.17) is 5.73 Å². The highest BCUT2D eigenvalue weighted by molar-refractivity contribution is 5.63. The van der Waals surface area contributed by atoms with E-state index in [-0.39, 0.29) is 0 Å². The summed E-state index contributed by atoms with van der Waals surface area (Å²) in [6, 6.07) is 12.8. The first-order valence-corrected chi connectivity index (χ1v) is 4.69. The Hall–Kier alpha value is -1.74. The van der Waals surface area contributed by atoms with E-state index < -0.39 is 6.30 Å². The van der Waals surface area contributed by atoms with Gasteiger partial charge < -0.3 is 0 Å². The van der Waals surface area contributed by atoms with Crippen LogP contribution in [0.3, 0.4) is 0 Å². The van der Waals surface area contributed by atoms with Gasteiger partial charge in [0.25, 0.3) is 0 Å². The zero-order valence-electron chi connectivity index (χ0n) is 8.10. The Balaban J connectivity index is 2.53. The molecule has 76 valence electrons. The first-order valence-electron chi connectivity index (χ1n) is 4.69. The van der Waals surface area contributed by atoms with Crippen molar-refractivity contribution in [3.63, 3.8) is 0 Å². The summed E-state index contributed by atoms with van der Waals surface area (Å²) in [6.45, 7) is 0. The van der Waals surface area contributed by atoms with Crippen molar-refractivity contribution < 1.29 is 4.39 Å². The molecule has 1 unspecified atom stereocenters. The van der Waals surface area contributed by atoms with E-state index in [2.05, 4.69) is 4.98 Å². The molecule has 0 aliphatic heterocycles. The molecular weight excluding hydrogens is 191 g/mol. The van der Waals surface area contributed by atoms with Crippen LogP contribution >= 0.6 is 0 Å². The molecule has 0 radical (unpaired) electrons. The third-order valence-electron chi connectivity index (χ3n) is 2.18. The molecule has 0 aliphatic rings. The fourth-order valence-corrected chi connectivity index (χ4v) is 1.48. The SMILES string of the molecule is NC(F)c1cccnc1-c1ccccc1. The van der Waals surface area contributed by atoms with Crippen molar-refractivity contribution in [2.75, 3.05) is 0 Å². The fourth-order valence-electron chi connectivity index (χ4n) is 1.48. The van der Waals surface area contributed by atoms with Crippen LogP contribution in [0, 0.1) is 0 Å².